The Morgan fingerprint density at radius 1 is 0.950 bits per heavy atom. The van der Waals surface area contributed by atoms with Crippen molar-refractivity contribution in [3.63, 3.8) is 0 Å². The Kier molecular flexibility index (Phi) is 6.55. The Bertz CT molecular complexity index is 1400. The third kappa shape index (κ3) is 4.06. The number of aromatic hydroxyl groups is 1. The highest BCUT2D eigenvalue weighted by atomic mass is 16.7. The third-order valence-corrected chi connectivity index (χ3v) is 8.39. The number of nitrogens with two attached hydrogens (primary N) is 2. The van der Waals surface area contributed by atoms with Crippen LogP contribution in [0, 0.1) is 0 Å². The second kappa shape index (κ2) is 9.82. The monoisotopic (exact) mass is 553 g/mol. The van der Waals surface area contributed by atoms with Gasteiger partial charge in [0.25, 0.3) is 0 Å². The van der Waals surface area contributed by atoms with Gasteiger partial charge in [-0.2, -0.15) is 0 Å². The average Bonchev–Trinajstić information content (AvgIpc) is 3.40. The molecule has 6 rings (SSSR count). The van der Waals surface area contributed by atoms with Gasteiger partial charge in [0.15, 0.2) is 29.0 Å². The van der Waals surface area contributed by atoms with Crippen LogP contribution in [0.4, 0.5) is 0 Å². The highest BCUT2D eigenvalue weighted by Gasteiger charge is 2.56. The maximum absolute atomic E-state index is 13.5. The van der Waals surface area contributed by atoms with E-state index in [1.165, 1.54) is 18.2 Å². The number of hydrogen-bond acceptors (Lipinski definition) is 10. The van der Waals surface area contributed by atoms with E-state index in [0.717, 1.165) is 12.8 Å². The molecule has 2 aromatic rings. The lowest BCUT2D eigenvalue weighted by Crippen LogP contribution is -2.65. The van der Waals surface area contributed by atoms with Crippen LogP contribution in [0.1, 0.15) is 75.6 Å². The number of fused-ring (bicyclic) bond motifs is 6. The minimum absolute atomic E-state index is 0.0548. The predicted molar refractivity (Wildman–Crippen MR) is 139 cm³/mol. The molecule has 0 aromatic heterocycles. The second-order valence-electron chi connectivity index (χ2n) is 10.8. The minimum atomic E-state index is -1.73. The van der Waals surface area contributed by atoms with Crippen molar-refractivity contribution in [3.8, 4) is 11.5 Å². The summed E-state index contributed by atoms with van der Waals surface area (Å²) in [5.74, 6) is -2.28. The van der Waals surface area contributed by atoms with Crippen LogP contribution in [0.3, 0.4) is 0 Å². The van der Waals surface area contributed by atoms with E-state index in [4.69, 9.17) is 25.7 Å². The summed E-state index contributed by atoms with van der Waals surface area (Å²) < 4.78 is 18.5. The number of ketones is 2. The number of ether oxygens (including phenoxy) is 3. The molecule has 4 aliphatic rings. The van der Waals surface area contributed by atoms with E-state index in [9.17, 15) is 30.0 Å². The van der Waals surface area contributed by atoms with Gasteiger partial charge < -0.3 is 46.1 Å². The zero-order chi connectivity index (χ0) is 28.3. The molecule has 1 saturated heterocycles. The van der Waals surface area contributed by atoms with E-state index >= 15 is 0 Å². The Morgan fingerprint density at radius 2 is 1.62 bits per heavy atom. The number of benzene rings is 2. The molecule has 212 valence electrons. The molecule has 12 heteroatoms. The molecule has 8 N–H and O–H groups in total. The standard InChI is InChI=1S/C28H31N3O9/c29-27(30)31-16-7-10-38-28(8-3-4-9-28)25-22(36)21(35)23(37)26(40-25)39-24-14(16)11-15-17(20(24)34)19(33)13-6-2-1-5-12(13)18(15)32/h1-2,5-6,11,16,21-23,25-26,34-37H,3-4,7-10H2,(H4,29,30,31). The first-order chi connectivity index (χ1) is 19.1. The number of aliphatic imine (C=N–C) groups is 1. The molecule has 1 spiro atoms. The number of carbonyl (C=O) groups is 2. The Balaban J connectivity index is 1.54. The van der Waals surface area contributed by atoms with Gasteiger partial charge in [0.2, 0.25) is 6.29 Å². The van der Waals surface area contributed by atoms with E-state index < -0.39 is 59.7 Å². The van der Waals surface area contributed by atoms with Crippen LogP contribution in [-0.2, 0) is 9.47 Å². The Hall–Kier alpha value is -3.55. The molecule has 12 nitrogen and oxygen atoms in total. The average molecular weight is 554 g/mol. The van der Waals surface area contributed by atoms with Gasteiger partial charge in [-0.25, -0.2) is 4.99 Å². The smallest absolute Gasteiger partial charge is 0.229 e. The molecule has 2 aliphatic carbocycles. The van der Waals surface area contributed by atoms with Crippen LogP contribution in [0.25, 0.3) is 0 Å². The third-order valence-electron chi connectivity index (χ3n) is 8.39. The maximum atomic E-state index is 13.5. The van der Waals surface area contributed by atoms with Gasteiger partial charge in [-0.3, -0.25) is 9.59 Å². The summed E-state index contributed by atoms with van der Waals surface area (Å²) in [5, 5.41) is 44.1. The van der Waals surface area contributed by atoms with Gasteiger partial charge in [0.1, 0.15) is 24.4 Å². The molecule has 1 saturated carbocycles. The molecule has 2 bridgehead atoms. The van der Waals surface area contributed by atoms with Crippen LogP contribution in [0.15, 0.2) is 35.3 Å². The number of phenols is 1. The first-order valence-electron chi connectivity index (χ1n) is 13.3. The summed E-state index contributed by atoms with van der Waals surface area (Å²) in [6, 6.07) is 6.78. The molecule has 2 aliphatic heterocycles. The number of rotatable bonds is 1. The van der Waals surface area contributed by atoms with Crippen LogP contribution in [0.5, 0.6) is 11.5 Å². The molecule has 6 atom stereocenters. The quantitative estimate of drug-likeness (QED) is 0.180. The number of hydrogen-bond donors (Lipinski definition) is 6. The Labute approximate surface area is 229 Å². The maximum Gasteiger partial charge on any atom is 0.229 e. The normalized spacial score (nSPS) is 30.9. The van der Waals surface area contributed by atoms with E-state index in [1.54, 1.807) is 12.1 Å². The first-order valence-corrected chi connectivity index (χ1v) is 13.3. The summed E-state index contributed by atoms with van der Waals surface area (Å²) in [4.78, 5) is 31.3. The summed E-state index contributed by atoms with van der Waals surface area (Å²) in [6.07, 6.45) is -4.66. The summed E-state index contributed by atoms with van der Waals surface area (Å²) in [6.45, 7) is 0.0876. The van der Waals surface area contributed by atoms with Crippen molar-refractivity contribution in [1.82, 2.24) is 0 Å². The van der Waals surface area contributed by atoms with Crippen molar-refractivity contribution in [1.29, 1.82) is 0 Å². The first kappa shape index (κ1) is 26.7. The van der Waals surface area contributed by atoms with Gasteiger partial charge >= 0.3 is 0 Å². The second-order valence-corrected chi connectivity index (χ2v) is 10.8. The fourth-order valence-electron chi connectivity index (χ4n) is 6.43. The summed E-state index contributed by atoms with van der Waals surface area (Å²) in [7, 11) is 0. The molecular formula is C28H31N3O9. The van der Waals surface area contributed by atoms with E-state index in [1.807, 2.05) is 0 Å². The molecule has 6 unspecified atom stereocenters. The summed E-state index contributed by atoms with van der Waals surface area (Å²) in [5.41, 5.74) is 10.7. The zero-order valence-electron chi connectivity index (χ0n) is 21.5. The van der Waals surface area contributed by atoms with E-state index in [2.05, 4.69) is 4.99 Å². The van der Waals surface area contributed by atoms with E-state index in [-0.39, 0.29) is 52.6 Å². The summed E-state index contributed by atoms with van der Waals surface area (Å²) >= 11 is 0. The lowest BCUT2D eigenvalue weighted by atomic mass is 9.81. The lowest BCUT2D eigenvalue weighted by molar-refractivity contribution is -0.309. The highest BCUT2D eigenvalue weighted by molar-refractivity contribution is 6.29. The van der Waals surface area contributed by atoms with Crippen LogP contribution in [0.2, 0.25) is 0 Å². The molecule has 2 heterocycles. The fourth-order valence-corrected chi connectivity index (χ4v) is 6.43. The number of carbonyl (C=O) groups excluding carboxylic acids is 2. The highest BCUT2D eigenvalue weighted by Crippen LogP contribution is 2.48. The predicted octanol–water partition coefficient (Wildman–Crippen LogP) is 0.402. The van der Waals surface area contributed by atoms with Crippen molar-refractivity contribution in [3.05, 3.63) is 58.1 Å². The number of aliphatic hydroxyl groups excluding tert-OH is 3. The zero-order valence-corrected chi connectivity index (χ0v) is 21.5. The minimum Gasteiger partial charge on any atom is -0.504 e. The molecular weight excluding hydrogens is 522 g/mol. The topological polar surface area (TPSA) is 207 Å². The molecule has 2 aromatic carbocycles. The number of guanidine groups is 1. The van der Waals surface area contributed by atoms with Gasteiger partial charge in [0.05, 0.1) is 17.2 Å². The van der Waals surface area contributed by atoms with Crippen molar-refractivity contribution in [2.24, 2.45) is 16.5 Å². The van der Waals surface area contributed by atoms with Crippen molar-refractivity contribution in [2.75, 3.05) is 6.61 Å². The number of nitrogens with zero attached hydrogens (tertiary/aromatic N) is 1. The fraction of sp³-hybridized carbons (Fsp3) is 0.464. The van der Waals surface area contributed by atoms with Crippen LogP contribution >= 0.6 is 0 Å². The number of phenolic OH excluding ortho intramolecular Hbond substituents is 1. The van der Waals surface area contributed by atoms with Gasteiger partial charge in [-0.05, 0) is 25.3 Å². The van der Waals surface area contributed by atoms with E-state index in [0.29, 0.717) is 12.8 Å². The van der Waals surface area contributed by atoms with Crippen molar-refractivity contribution < 1.29 is 44.2 Å². The van der Waals surface area contributed by atoms with Gasteiger partial charge in [-0.15, -0.1) is 0 Å². The van der Waals surface area contributed by atoms with Crippen molar-refractivity contribution in [2.45, 2.75) is 74.5 Å². The van der Waals surface area contributed by atoms with Crippen molar-refractivity contribution >= 4 is 17.5 Å². The lowest BCUT2D eigenvalue weighted by Gasteiger charge is -2.47. The molecule has 0 amide bonds. The van der Waals surface area contributed by atoms with Gasteiger partial charge in [-0.1, -0.05) is 37.1 Å². The Morgan fingerprint density at radius 3 is 2.30 bits per heavy atom. The molecule has 2 fully saturated rings. The van der Waals surface area contributed by atoms with Crippen LogP contribution < -0.4 is 16.2 Å². The SMILES string of the molecule is NC(N)=NC1CCOC2(CCCC2)C2OC(Oc3c1cc1c(c3O)C(=O)c3ccccc3C1=O)C(O)C(O)C2O. The molecule has 0 radical (unpaired) electrons. The largest absolute Gasteiger partial charge is 0.504 e. The van der Waals surface area contributed by atoms with Gasteiger partial charge in [0, 0.05) is 28.9 Å². The van der Waals surface area contributed by atoms with Crippen LogP contribution in [-0.4, -0.2) is 80.9 Å². The number of aliphatic hydroxyl groups is 3. The molecule has 40 heavy (non-hydrogen) atoms.